The third-order valence-corrected chi connectivity index (χ3v) is 8.47. The number of anilines is 1. The summed E-state index contributed by atoms with van der Waals surface area (Å²) in [4.78, 5) is 30.6. The smallest absolute Gasteiger partial charge is 0.312 e. The molecule has 1 aliphatic carbocycles. The predicted octanol–water partition coefficient (Wildman–Crippen LogP) is 8.53. The minimum atomic E-state index is -0.493. The van der Waals surface area contributed by atoms with Crippen molar-refractivity contribution in [3.63, 3.8) is 0 Å². The fourth-order valence-electron chi connectivity index (χ4n) is 4.44. The van der Waals surface area contributed by atoms with Crippen LogP contribution in [0.5, 0.6) is 5.75 Å². The Labute approximate surface area is 242 Å². The van der Waals surface area contributed by atoms with Gasteiger partial charge in [-0.15, -0.1) is 11.3 Å². The van der Waals surface area contributed by atoms with Crippen LogP contribution in [-0.2, 0) is 19.4 Å². The van der Waals surface area contributed by atoms with Gasteiger partial charge >= 0.3 is 5.69 Å². The lowest BCUT2D eigenvalue weighted by molar-refractivity contribution is -0.386. The Hall–Kier alpha value is -3.53. The topological polar surface area (TPSA) is 93.8 Å². The van der Waals surface area contributed by atoms with Crippen molar-refractivity contribution in [1.29, 1.82) is 0 Å². The van der Waals surface area contributed by atoms with Gasteiger partial charge in [0.1, 0.15) is 11.6 Å². The molecule has 0 atom stereocenters. The number of thiophene rings is 1. The molecule has 198 valence electrons. The van der Waals surface area contributed by atoms with E-state index in [9.17, 15) is 14.9 Å². The molecule has 1 N–H and O–H groups in total. The number of fused-ring (bicyclic) bond motifs is 1. The summed E-state index contributed by atoms with van der Waals surface area (Å²) in [5.41, 5.74) is 3.34. The minimum absolute atomic E-state index is 0.0766. The number of benzene rings is 3. The third-order valence-electron chi connectivity index (χ3n) is 6.32. The number of ether oxygens (including phenoxy) is 1. The van der Waals surface area contributed by atoms with E-state index in [1.807, 2.05) is 36.4 Å². The highest BCUT2D eigenvalue weighted by Gasteiger charge is 2.26. The van der Waals surface area contributed by atoms with E-state index in [1.54, 1.807) is 30.5 Å². The number of carbonyl (C=O) groups is 1. The summed E-state index contributed by atoms with van der Waals surface area (Å²) < 4.78 is 6.22. The second-order valence-corrected chi connectivity index (χ2v) is 11.3. The first-order valence-corrected chi connectivity index (χ1v) is 14.3. The number of para-hydroxylation sites is 1. The summed E-state index contributed by atoms with van der Waals surface area (Å²) in [7, 11) is 0. The molecule has 39 heavy (non-hydrogen) atoms. The van der Waals surface area contributed by atoms with Crippen molar-refractivity contribution in [2.75, 3.05) is 5.32 Å². The van der Waals surface area contributed by atoms with Gasteiger partial charge in [-0.1, -0.05) is 48.0 Å². The number of aliphatic imine (C=N–C) groups is 1. The maximum atomic E-state index is 13.3. The Morgan fingerprint density at radius 1 is 1.13 bits per heavy atom. The number of rotatable bonds is 8. The summed E-state index contributed by atoms with van der Waals surface area (Å²) in [6.45, 7) is 0.0766. The number of nitro groups is 1. The standard InChI is InChI=1S/C29H23BrClN3O4S/c30-22-14-18(15-24(34(36)37)27(22)38-17-19-8-4-6-12-23(19)31)16-32-29-26(21-11-5-7-13-25(21)39-29)28(35)33-20-9-2-1-3-10-20/h1-4,6,8-10,12,14-16H,5,7,11,13,17H2,(H,33,35). The van der Waals surface area contributed by atoms with Gasteiger partial charge in [0, 0.05) is 39.0 Å². The molecule has 5 rings (SSSR count). The van der Waals surface area contributed by atoms with Crippen LogP contribution in [0.4, 0.5) is 16.4 Å². The molecule has 0 saturated heterocycles. The highest BCUT2D eigenvalue weighted by Crippen LogP contribution is 2.41. The van der Waals surface area contributed by atoms with Gasteiger partial charge in [0.2, 0.25) is 5.75 Å². The Balaban J connectivity index is 1.44. The van der Waals surface area contributed by atoms with E-state index in [1.165, 1.54) is 22.3 Å². The Morgan fingerprint density at radius 3 is 2.64 bits per heavy atom. The zero-order valence-electron chi connectivity index (χ0n) is 20.7. The van der Waals surface area contributed by atoms with Gasteiger partial charge < -0.3 is 10.1 Å². The van der Waals surface area contributed by atoms with Crippen LogP contribution in [0.15, 0.2) is 76.2 Å². The van der Waals surface area contributed by atoms with Crippen molar-refractivity contribution in [3.8, 4) is 5.75 Å². The lowest BCUT2D eigenvalue weighted by atomic mass is 9.95. The molecular weight excluding hydrogens is 602 g/mol. The number of nitrogens with zero attached hydrogens (tertiary/aromatic N) is 2. The predicted molar refractivity (Wildman–Crippen MR) is 159 cm³/mol. The summed E-state index contributed by atoms with van der Waals surface area (Å²) in [6, 6.07) is 19.6. The molecule has 0 bridgehead atoms. The van der Waals surface area contributed by atoms with E-state index in [2.05, 4.69) is 26.2 Å². The first-order chi connectivity index (χ1) is 18.9. The van der Waals surface area contributed by atoms with Crippen molar-refractivity contribution in [2.45, 2.75) is 32.3 Å². The average molecular weight is 625 g/mol. The van der Waals surface area contributed by atoms with Gasteiger partial charge in [-0.2, -0.15) is 0 Å². The van der Waals surface area contributed by atoms with E-state index in [0.717, 1.165) is 31.2 Å². The summed E-state index contributed by atoms with van der Waals surface area (Å²) >= 11 is 11.1. The third kappa shape index (κ3) is 6.21. The van der Waals surface area contributed by atoms with Crippen LogP contribution in [0.2, 0.25) is 5.02 Å². The quantitative estimate of drug-likeness (QED) is 0.121. The van der Waals surface area contributed by atoms with E-state index < -0.39 is 4.92 Å². The van der Waals surface area contributed by atoms with Crippen molar-refractivity contribution < 1.29 is 14.5 Å². The zero-order chi connectivity index (χ0) is 27.4. The molecular formula is C29H23BrClN3O4S. The number of amides is 1. The van der Waals surface area contributed by atoms with Crippen LogP contribution in [0.3, 0.4) is 0 Å². The molecule has 1 aliphatic rings. The number of hydrogen-bond donors (Lipinski definition) is 1. The van der Waals surface area contributed by atoms with Crippen LogP contribution >= 0.6 is 38.9 Å². The van der Waals surface area contributed by atoms with Gasteiger partial charge in [0.15, 0.2) is 0 Å². The molecule has 10 heteroatoms. The first kappa shape index (κ1) is 27.1. The maximum Gasteiger partial charge on any atom is 0.312 e. The highest BCUT2D eigenvalue weighted by molar-refractivity contribution is 9.10. The van der Waals surface area contributed by atoms with Crippen molar-refractivity contribution in [1.82, 2.24) is 0 Å². The maximum absolute atomic E-state index is 13.3. The second kappa shape index (κ2) is 12.1. The molecule has 0 unspecified atom stereocenters. The molecule has 1 amide bonds. The van der Waals surface area contributed by atoms with Crippen molar-refractivity contribution >= 4 is 67.4 Å². The van der Waals surface area contributed by atoms with E-state index >= 15 is 0 Å². The number of hydrogen-bond acceptors (Lipinski definition) is 6. The van der Waals surface area contributed by atoms with Crippen LogP contribution < -0.4 is 10.1 Å². The molecule has 7 nitrogen and oxygen atoms in total. The molecule has 0 saturated carbocycles. The fraction of sp³-hybridized carbons (Fsp3) is 0.172. The van der Waals surface area contributed by atoms with Crippen LogP contribution in [-0.4, -0.2) is 17.0 Å². The average Bonchev–Trinajstić information content (AvgIpc) is 3.31. The Morgan fingerprint density at radius 2 is 1.87 bits per heavy atom. The van der Waals surface area contributed by atoms with Gasteiger partial charge in [0.05, 0.1) is 15.0 Å². The van der Waals surface area contributed by atoms with Crippen LogP contribution in [0.25, 0.3) is 0 Å². The fourth-order valence-corrected chi connectivity index (χ4v) is 6.45. The van der Waals surface area contributed by atoms with Gasteiger partial charge in [0.25, 0.3) is 5.91 Å². The number of nitrogens with one attached hydrogen (secondary N) is 1. The molecule has 0 radical (unpaired) electrons. The van der Waals surface area contributed by atoms with Gasteiger partial charge in [-0.05, 0) is 71.4 Å². The largest absolute Gasteiger partial charge is 0.481 e. The Bertz CT molecular complexity index is 1570. The molecule has 0 aliphatic heterocycles. The molecule has 1 heterocycles. The van der Waals surface area contributed by atoms with E-state index in [-0.39, 0.29) is 24.0 Å². The number of halogens is 2. The monoisotopic (exact) mass is 623 g/mol. The number of nitro benzene ring substituents is 1. The summed E-state index contributed by atoms with van der Waals surface area (Å²) in [6.07, 6.45) is 5.38. The van der Waals surface area contributed by atoms with Crippen molar-refractivity contribution in [2.24, 2.45) is 4.99 Å². The van der Waals surface area contributed by atoms with E-state index in [0.29, 0.717) is 36.9 Å². The summed E-state index contributed by atoms with van der Waals surface area (Å²) in [5, 5.41) is 16.0. The number of carbonyl (C=O) groups excluding carboxylic acids is 1. The normalized spacial score (nSPS) is 12.8. The SMILES string of the molecule is O=C(Nc1ccccc1)c1c(N=Cc2cc(Br)c(OCc3ccccc3Cl)c([N+](=O)[O-])c2)sc2c1CCCC2. The van der Waals surface area contributed by atoms with Crippen LogP contribution in [0, 0.1) is 10.1 Å². The van der Waals surface area contributed by atoms with E-state index in [4.69, 9.17) is 16.3 Å². The lowest BCUT2D eigenvalue weighted by Gasteiger charge is -2.12. The first-order valence-electron chi connectivity index (χ1n) is 12.3. The highest BCUT2D eigenvalue weighted by atomic mass is 79.9. The lowest BCUT2D eigenvalue weighted by Crippen LogP contribution is -2.14. The zero-order valence-corrected chi connectivity index (χ0v) is 23.8. The van der Waals surface area contributed by atoms with Gasteiger partial charge in [-0.3, -0.25) is 14.9 Å². The molecule has 0 spiro atoms. The minimum Gasteiger partial charge on any atom is -0.481 e. The molecule has 0 fully saturated rings. The summed E-state index contributed by atoms with van der Waals surface area (Å²) in [5.74, 6) is -0.102. The second-order valence-electron chi connectivity index (χ2n) is 8.96. The molecule has 4 aromatic rings. The number of aryl methyl sites for hydroxylation is 1. The Kier molecular flexibility index (Phi) is 8.40. The van der Waals surface area contributed by atoms with Crippen molar-refractivity contribution in [3.05, 3.63) is 113 Å². The van der Waals surface area contributed by atoms with Crippen LogP contribution in [0.1, 0.15) is 44.8 Å². The van der Waals surface area contributed by atoms with Gasteiger partial charge in [-0.25, -0.2) is 4.99 Å². The molecule has 1 aromatic heterocycles. The molecule has 3 aromatic carbocycles.